The maximum Gasteiger partial charge on any atom is 0.0357 e. The van der Waals surface area contributed by atoms with E-state index in [0.29, 0.717) is 5.75 Å². The van der Waals surface area contributed by atoms with Crippen molar-refractivity contribution in [3.05, 3.63) is 11.1 Å². The van der Waals surface area contributed by atoms with E-state index >= 15 is 0 Å². The molecule has 0 fully saturated rings. The molecule has 0 aliphatic carbocycles. The first-order valence-corrected chi connectivity index (χ1v) is 5.59. The molecule has 11 heavy (non-hydrogen) atoms. The van der Waals surface area contributed by atoms with Crippen LogP contribution in [0, 0.1) is 0 Å². The number of nitrogens with one attached hydrogen (secondary N) is 1. The predicted molar refractivity (Wildman–Crippen MR) is 51.4 cm³/mol. The molecule has 0 rings (SSSR count). The third-order valence-electron chi connectivity index (χ3n) is 1.16. The lowest BCUT2D eigenvalue weighted by Gasteiger charge is -2.01. The summed E-state index contributed by atoms with van der Waals surface area (Å²) in [6.07, 6.45) is 1.70. The van der Waals surface area contributed by atoms with Crippen LogP contribution < -0.4 is 5.32 Å². The molecule has 0 aromatic rings. The number of hydrogen-bond acceptors (Lipinski definition) is 2. The Balaban J connectivity index is 3.21. The zero-order valence-corrected chi connectivity index (χ0v) is 8.47. The summed E-state index contributed by atoms with van der Waals surface area (Å²) in [6, 6.07) is 0. The molecule has 2 nitrogen and oxygen atoms in total. The Kier molecular flexibility index (Phi) is 6.91. The summed E-state index contributed by atoms with van der Waals surface area (Å²) in [5, 5.41) is 3.12. The van der Waals surface area contributed by atoms with Gasteiger partial charge < -0.3 is 5.32 Å². The van der Waals surface area contributed by atoms with Gasteiger partial charge >= 0.3 is 0 Å². The molecule has 0 saturated heterocycles. The van der Waals surface area contributed by atoms with Crippen LogP contribution in [0.4, 0.5) is 0 Å². The van der Waals surface area contributed by atoms with Crippen molar-refractivity contribution >= 4 is 22.4 Å². The largest absolute Gasteiger partial charge is 0.312 e. The van der Waals surface area contributed by atoms with E-state index < -0.39 is 10.8 Å². The molecule has 0 saturated carbocycles. The van der Waals surface area contributed by atoms with Crippen molar-refractivity contribution in [2.75, 3.05) is 25.1 Å². The lowest BCUT2D eigenvalue weighted by Crippen LogP contribution is -2.21. The Hall–Kier alpha value is 0.140. The van der Waals surface area contributed by atoms with Gasteiger partial charge in [0.15, 0.2) is 0 Å². The van der Waals surface area contributed by atoms with E-state index in [9.17, 15) is 4.21 Å². The zero-order chi connectivity index (χ0) is 8.69. The Morgan fingerprint density at radius 1 is 1.73 bits per heavy atom. The number of rotatable bonds is 5. The maximum absolute atomic E-state index is 10.6. The Bertz CT molecular complexity index is 159. The van der Waals surface area contributed by atoms with Crippen LogP contribution in [-0.2, 0) is 10.8 Å². The quantitative estimate of drug-likeness (QED) is 0.666. The van der Waals surface area contributed by atoms with Crippen LogP contribution in [0.25, 0.3) is 0 Å². The van der Waals surface area contributed by atoms with Crippen molar-refractivity contribution in [1.82, 2.24) is 5.32 Å². The first-order chi connectivity index (χ1) is 5.16. The van der Waals surface area contributed by atoms with Gasteiger partial charge in [-0.15, -0.1) is 0 Å². The number of hydrogen-bond donors (Lipinski definition) is 1. The van der Waals surface area contributed by atoms with Crippen LogP contribution >= 0.6 is 11.6 Å². The van der Waals surface area contributed by atoms with Crippen molar-refractivity contribution < 1.29 is 4.21 Å². The first kappa shape index (κ1) is 11.1. The summed E-state index contributed by atoms with van der Waals surface area (Å²) < 4.78 is 10.6. The molecular weight excluding hydrogens is 182 g/mol. The van der Waals surface area contributed by atoms with E-state index in [-0.39, 0.29) is 0 Å². The van der Waals surface area contributed by atoms with Gasteiger partial charge in [0.1, 0.15) is 0 Å². The molecule has 1 N–H and O–H groups in total. The zero-order valence-electron chi connectivity index (χ0n) is 6.89. The SMILES string of the molecule is CC(=CCl)CNCCS(C)=O. The second kappa shape index (κ2) is 6.83. The number of halogens is 1. The minimum absolute atomic E-state index is 0.697. The van der Waals surface area contributed by atoms with Gasteiger partial charge in [-0.3, -0.25) is 4.21 Å². The van der Waals surface area contributed by atoms with Crippen LogP contribution in [-0.4, -0.2) is 29.3 Å². The average molecular weight is 196 g/mol. The third-order valence-corrected chi connectivity index (χ3v) is 2.31. The highest BCUT2D eigenvalue weighted by Gasteiger charge is 1.91. The first-order valence-electron chi connectivity index (χ1n) is 3.43. The Morgan fingerprint density at radius 3 is 2.82 bits per heavy atom. The standard InChI is InChI=1S/C7H14ClNOS/c1-7(5-8)6-9-3-4-11(2)10/h5,9H,3-4,6H2,1-2H3. The maximum atomic E-state index is 10.6. The van der Waals surface area contributed by atoms with E-state index in [1.165, 1.54) is 0 Å². The lowest BCUT2D eigenvalue weighted by atomic mass is 10.3. The summed E-state index contributed by atoms with van der Waals surface area (Å²) in [6.45, 7) is 3.51. The molecule has 0 aliphatic rings. The Labute approximate surface area is 75.5 Å². The molecule has 0 spiro atoms. The normalized spacial score (nSPS) is 15.0. The summed E-state index contributed by atoms with van der Waals surface area (Å²) in [5.74, 6) is 0.704. The highest BCUT2D eigenvalue weighted by Crippen LogP contribution is 1.91. The molecule has 0 aromatic carbocycles. The van der Waals surface area contributed by atoms with E-state index in [1.54, 1.807) is 11.8 Å². The van der Waals surface area contributed by atoms with Gasteiger partial charge in [-0.1, -0.05) is 11.6 Å². The molecule has 4 heteroatoms. The molecule has 1 unspecified atom stereocenters. The van der Waals surface area contributed by atoms with Crippen molar-refractivity contribution in [1.29, 1.82) is 0 Å². The van der Waals surface area contributed by atoms with E-state index in [2.05, 4.69) is 5.32 Å². The second-order valence-corrected chi connectivity index (χ2v) is 4.18. The second-order valence-electron chi connectivity index (χ2n) is 2.41. The fourth-order valence-electron chi connectivity index (χ4n) is 0.540. The van der Waals surface area contributed by atoms with E-state index in [1.807, 2.05) is 6.92 Å². The van der Waals surface area contributed by atoms with E-state index in [0.717, 1.165) is 18.7 Å². The van der Waals surface area contributed by atoms with Gasteiger partial charge in [0.2, 0.25) is 0 Å². The molecule has 0 heterocycles. The van der Waals surface area contributed by atoms with Crippen LogP contribution in [0.1, 0.15) is 6.92 Å². The highest BCUT2D eigenvalue weighted by molar-refractivity contribution is 7.84. The summed E-state index contributed by atoms with van der Waals surface area (Å²) in [4.78, 5) is 0. The lowest BCUT2D eigenvalue weighted by molar-refractivity contribution is 0.681. The van der Waals surface area contributed by atoms with Gasteiger partial charge in [-0.05, 0) is 12.5 Å². The summed E-state index contributed by atoms with van der Waals surface area (Å²) in [7, 11) is -0.697. The third kappa shape index (κ3) is 8.04. The fraction of sp³-hybridized carbons (Fsp3) is 0.714. The molecule has 0 aromatic heterocycles. The van der Waals surface area contributed by atoms with E-state index in [4.69, 9.17) is 11.6 Å². The molecule has 0 amide bonds. The van der Waals surface area contributed by atoms with Crippen molar-refractivity contribution in [2.24, 2.45) is 0 Å². The predicted octanol–water partition coefficient (Wildman–Crippen LogP) is 1.10. The fourth-order valence-corrected chi connectivity index (χ4v) is 1.05. The molecule has 0 aliphatic heterocycles. The van der Waals surface area contributed by atoms with Crippen molar-refractivity contribution in [3.63, 3.8) is 0 Å². The molecular formula is C7H14ClNOS. The van der Waals surface area contributed by atoms with Gasteiger partial charge in [0.25, 0.3) is 0 Å². The minimum Gasteiger partial charge on any atom is -0.312 e. The van der Waals surface area contributed by atoms with Crippen LogP contribution in [0.5, 0.6) is 0 Å². The van der Waals surface area contributed by atoms with Crippen LogP contribution in [0.3, 0.4) is 0 Å². The monoisotopic (exact) mass is 195 g/mol. The van der Waals surface area contributed by atoms with Gasteiger partial charge in [0, 0.05) is 41.4 Å². The minimum atomic E-state index is -0.697. The summed E-state index contributed by atoms with van der Waals surface area (Å²) in [5.41, 5.74) is 2.64. The molecule has 0 radical (unpaired) electrons. The molecule has 0 bridgehead atoms. The van der Waals surface area contributed by atoms with Crippen molar-refractivity contribution in [2.45, 2.75) is 6.92 Å². The summed E-state index contributed by atoms with van der Waals surface area (Å²) >= 11 is 5.43. The van der Waals surface area contributed by atoms with Gasteiger partial charge in [-0.25, -0.2) is 0 Å². The van der Waals surface area contributed by atoms with Gasteiger partial charge in [-0.2, -0.15) is 0 Å². The average Bonchev–Trinajstić information content (AvgIpc) is 1.97. The Morgan fingerprint density at radius 2 is 2.36 bits per heavy atom. The molecule has 66 valence electrons. The molecule has 1 atom stereocenters. The smallest absolute Gasteiger partial charge is 0.0357 e. The van der Waals surface area contributed by atoms with Crippen LogP contribution in [0.15, 0.2) is 11.1 Å². The highest BCUT2D eigenvalue weighted by atomic mass is 35.5. The van der Waals surface area contributed by atoms with Gasteiger partial charge in [0.05, 0.1) is 0 Å². The van der Waals surface area contributed by atoms with Crippen LogP contribution in [0.2, 0.25) is 0 Å². The van der Waals surface area contributed by atoms with Crippen molar-refractivity contribution in [3.8, 4) is 0 Å². The topological polar surface area (TPSA) is 29.1 Å².